The fraction of sp³-hybridized carbons (Fsp3) is 0.154. The summed E-state index contributed by atoms with van der Waals surface area (Å²) in [6.45, 7) is 2.53. The highest BCUT2D eigenvalue weighted by atomic mass is 35.5. The van der Waals surface area contributed by atoms with E-state index in [9.17, 15) is 4.79 Å². The van der Waals surface area contributed by atoms with Gasteiger partial charge in [-0.2, -0.15) is 5.10 Å². The molecule has 0 aliphatic carbocycles. The van der Waals surface area contributed by atoms with Gasteiger partial charge in [-0.1, -0.05) is 65.7 Å². The number of benzene rings is 3. The molecule has 0 radical (unpaired) electrons. The number of aromatic amines is 1. The van der Waals surface area contributed by atoms with Crippen molar-refractivity contribution in [3.05, 3.63) is 106 Å². The van der Waals surface area contributed by atoms with E-state index in [0.717, 1.165) is 33.7 Å². The number of halogens is 1. The highest BCUT2D eigenvalue weighted by Gasteiger charge is 2.42. The fourth-order valence-electron chi connectivity index (χ4n) is 4.21. The van der Waals surface area contributed by atoms with E-state index < -0.39 is 0 Å². The van der Waals surface area contributed by atoms with Crippen molar-refractivity contribution in [2.24, 2.45) is 0 Å². The quantitative estimate of drug-likeness (QED) is 0.424. The van der Waals surface area contributed by atoms with Crippen LogP contribution in [0.1, 0.15) is 38.8 Å². The summed E-state index contributed by atoms with van der Waals surface area (Å²) >= 11 is 6.09. The fourth-order valence-corrected chi connectivity index (χ4v) is 4.34. The number of H-pyrrole nitrogens is 1. The molecule has 1 unspecified atom stereocenters. The van der Waals surface area contributed by atoms with Gasteiger partial charge in [0.2, 0.25) is 0 Å². The van der Waals surface area contributed by atoms with E-state index in [1.54, 1.807) is 7.11 Å². The van der Waals surface area contributed by atoms with E-state index in [0.29, 0.717) is 17.3 Å². The average molecular weight is 444 g/mol. The number of fused-ring (bicyclic) bond motifs is 1. The number of nitrogens with one attached hydrogen (secondary N) is 1. The van der Waals surface area contributed by atoms with E-state index >= 15 is 0 Å². The third-order valence-corrected chi connectivity index (χ3v) is 6.14. The van der Waals surface area contributed by atoms with Crippen molar-refractivity contribution in [3.63, 3.8) is 0 Å². The van der Waals surface area contributed by atoms with Gasteiger partial charge in [0.05, 0.1) is 18.8 Å². The van der Waals surface area contributed by atoms with Crippen LogP contribution in [0, 0.1) is 6.92 Å². The second-order valence-electron chi connectivity index (χ2n) is 7.96. The Morgan fingerprint density at radius 1 is 1.00 bits per heavy atom. The highest BCUT2D eigenvalue weighted by molar-refractivity contribution is 6.30. The summed E-state index contributed by atoms with van der Waals surface area (Å²) in [5.41, 5.74) is 6.38. The first-order valence-corrected chi connectivity index (χ1v) is 10.8. The Hall–Kier alpha value is -3.57. The monoisotopic (exact) mass is 443 g/mol. The highest BCUT2D eigenvalue weighted by Crippen LogP contribution is 2.43. The van der Waals surface area contributed by atoms with Gasteiger partial charge in [-0.3, -0.25) is 9.89 Å². The molecular weight excluding hydrogens is 422 g/mol. The second-order valence-corrected chi connectivity index (χ2v) is 8.40. The zero-order chi connectivity index (χ0) is 22.2. The molecule has 2 heterocycles. The molecule has 0 spiro atoms. The lowest BCUT2D eigenvalue weighted by Crippen LogP contribution is -2.29. The first-order valence-electron chi connectivity index (χ1n) is 10.4. The molecule has 1 N–H and O–H groups in total. The number of hydrogen-bond donors (Lipinski definition) is 1. The Bertz CT molecular complexity index is 1260. The first-order chi connectivity index (χ1) is 15.5. The summed E-state index contributed by atoms with van der Waals surface area (Å²) in [6.07, 6.45) is 0. The van der Waals surface area contributed by atoms with Crippen LogP contribution in [0.5, 0.6) is 5.75 Å². The number of aryl methyl sites for hydroxylation is 1. The van der Waals surface area contributed by atoms with Gasteiger partial charge in [-0.15, -0.1) is 0 Å². The third-order valence-electron chi connectivity index (χ3n) is 5.89. The van der Waals surface area contributed by atoms with Gasteiger partial charge in [0.25, 0.3) is 5.91 Å². The molecule has 0 saturated carbocycles. The van der Waals surface area contributed by atoms with Crippen LogP contribution in [0.4, 0.5) is 0 Å². The number of aromatic nitrogens is 2. The molecule has 5 rings (SSSR count). The molecule has 1 aliphatic rings. The van der Waals surface area contributed by atoms with Crippen molar-refractivity contribution in [3.8, 4) is 17.0 Å². The number of carbonyl (C=O) groups excluding carboxylic acids is 1. The van der Waals surface area contributed by atoms with Crippen molar-refractivity contribution in [1.82, 2.24) is 15.1 Å². The number of nitrogens with zero attached hydrogens (tertiary/aromatic N) is 2. The Balaban J connectivity index is 1.60. The second kappa shape index (κ2) is 8.17. The van der Waals surface area contributed by atoms with Crippen molar-refractivity contribution in [2.75, 3.05) is 7.11 Å². The molecule has 0 bridgehead atoms. The molecule has 3 aromatic carbocycles. The molecule has 32 heavy (non-hydrogen) atoms. The molecule has 6 heteroatoms. The van der Waals surface area contributed by atoms with Gasteiger partial charge in [0, 0.05) is 22.7 Å². The lowest BCUT2D eigenvalue weighted by atomic mass is 9.95. The SMILES string of the molecule is COc1ccc(CN2C(=O)c3[nH]nc(-c4ccc(Cl)cc4)c3C2c2ccc(C)cc2)cc1. The van der Waals surface area contributed by atoms with Crippen LogP contribution in [-0.4, -0.2) is 28.1 Å². The van der Waals surface area contributed by atoms with Crippen LogP contribution in [0.15, 0.2) is 72.8 Å². The van der Waals surface area contributed by atoms with Crippen molar-refractivity contribution >= 4 is 17.5 Å². The predicted octanol–water partition coefficient (Wildman–Crippen LogP) is 5.79. The Kier molecular flexibility index (Phi) is 5.19. The van der Waals surface area contributed by atoms with E-state index in [4.69, 9.17) is 16.3 Å². The topological polar surface area (TPSA) is 58.2 Å². The minimum absolute atomic E-state index is 0.0610. The Labute approximate surface area is 191 Å². The van der Waals surface area contributed by atoms with Gasteiger partial charge in [-0.25, -0.2) is 0 Å². The lowest BCUT2D eigenvalue weighted by molar-refractivity contribution is 0.0730. The van der Waals surface area contributed by atoms with Gasteiger partial charge < -0.3 is 9.64 Å². The van der Waals surface area contributed by atoms with Gasteiger partial charge in [0.15, 0.2) is 0 Å². The van der Waals surface area contributed by atoms with Crippen LogP contribution in [0.3, 0.4) is 0 Å². The maximum atomic E-state index is 13.5. The van der Waals surface area contributed by atoms with Crippen molar-refractivity contribution in [1.29, 1.82) is 0 Å². The average Bonchev–Trinajstić information content (AvgIpc) is 3.35. The first kappa shape index (κ1) is 20.3. The predicted molar refractivity (Wildman–Crippen MR) is 125 cm³/mol. The lowest BCUT2D eigenvalue weighted by Gasteiger charge is -2.26. The summed E-state index contributed by atoms with van der Waals surface area (Å²) in [6, 6.07) is 23.4. The molecule has 160 valence electrons. The smallest absolute Gasteiger partial charge is 0.273 e. The van der Waals surface area contributed by atoms with Crippen LogP contribution < -0.4 is 4.74 Å². The van der Waals surface area contributed by atoms with Crippen molar-refractivity contribution in [2.45, 2.75) is 19.5 Å². The van der Waals surface area contributed by atoms with E-state index in [2.05, 4.69) is 41.4 Å². The minimum Gasteiger partial charge on any atom is -0.497 e. The summed E-state index contributed by atoms with van der Waals surface area (Å²) in [4.78, 5) is 15.4. The molecule has 0 fully saturated rings. The van der Waals surface area contributed by atoms with Crippen LogP contribution >= 0.6 is 11.6 Å². The number of carbonyl (C=O) groups is 1. The standard InChI is InChI=1S/C26H22ClN3O2/c1-16-3-7-19(8-4-16)25-22-23(18-9-11-20(27)12-10-18)28-29-24(22)26(31)30(25)15-17-5-13-21(32-2)14-6-17/h3-14,25H,15H2,1-2H3,(H,28,29). The number of rotatable bonds is 5. The van der Waals surface area contributed by atoms with Gasteiger partial charge >= 0.3 is 0 Å². The largest absolute Gasteiger partial charge is 0.497 e. The summed E-state index contributed by atoms with van der Waals surface area (Å²) in [5.74, 6) is 0.727. The molecule has 1 aliphatic heterocycles. The molecule has 0 saturated heterocycles. The molecule has 4 aromatic rings. The zero-order valence-corrected chi connectivity index (χ0v) is 18.6. The maximum Gasteiger partial charge on any atom is 0.273 e. The van der Waals surface area contributed by atoms with Gasteiger partial charge in [0.1, 0.15) is 11.4 Å². The van der Waals surface area contributed by atoms with Crippen LogP contribution in [0.25, 0.3) is 11.3 Å². The molecule has 1 amide bonds. The van der Waals surface area contributed by atoms with E-state index in [-0.39, 0.29) is 11.9 Å². The maximum absolute atomic E-state index is 13.5. The van der Waals surface area contributed by atoms with Crippen molar-refractivity contribution < 1.29 is 9.53 Å². The number of methoxy groups -OCH3 is 1. The summed E-state index contributed by atoms with van der Waals surface area (Å²) in [5, 5.41) is 8.17. The third kappa shape index (κ3) is 3.55. The van der Waals surface area contributed by atoms with E-state index in [1.165, 1.54) is 5.56 Å². The molecule has 1 aromatic heterocycles. The molecular formula is C26H22ClN3O2. The van der Waals surface area contributed by atoms with Gasteiger partial charge in [-0.05, 0) is 42.3 Å². The Morgan fingerprint density at radius 2 is 1.69 bits per heavy atom. The Morgan fingerprint density at radius 3 is 2.34 bits per heavy atom. The summed E-state index contributed by atoms with van der Waals surface area (Å²) < 4.78 is 5.27. The van der Waals surface area contributed by atoms with Crippen LogP contribution in [0.2, 0.25) is 5.02 Å². The summed E-state index contributed by atoms with van der Waals surface area (Å²) in [7, 11) is 1.64. The van der Waals surface area contributed by atoms with Crippen LogP contribution in [-0.2, 0) is 6.54 Å². The normalized spacial score (nSPS) is 15.2. The number of amides is 1. The zero-order valence-electron chi connectivity index (χ0n) is 17.8. The number of hydrogen-bond acceptors (Lipinski definition) is 3. The number of ether oxygens (including phenoxy) is 1. The van der Waals surface area contributed by atoms with E-state index in [1.807, 2.05) is 53.4 Å². The minimum atomic E-state index is -0.246. The molecule has 5 nitrogen and oxygen atoms in total. The molecule has 1 atom stereocenters.